The molecule has 0 saturated carbocycles. The molecule has 1 aromatic carbocycles. The second-order valence-electron chi connectivity index (χ2n) is 3.38. The molecule has 0 spiro atoms. The molecule has 15 heavy (non-hydrogen) atoms. The van der Waals surface area contributed by atoms with Crippen molar-refractivity contribution >= 4 is 21.9 Å². The first-order valence-electron chi connectivity index (χ1n) is 4.71. The van der Waals surface area contributed by atoms with Crippen LogP contribution in [0.2, 0.25) is 0 Å². The Balaban J connectivity index is 2.84. The molecule has 0 saturated heterocycles. The summed E-state index contributed by atoms with van der Waals surface area (Å²) in [6.07, 6.45) is 0.992. The topological polar surface area (TPSA) is 37.3 Å². The van der Waals surface area contributed by atoms with Crippen LogP contribution in [0.4, 0.5) is 4.39 Å². The summed E-state index contributed by atoms with van der Waals surface area (Å²) < 4.78 is 13.4. The van der Waals surface area contributed by atoms with Crippen LogP contribution in [0.1, 0.15) is 18.9 Å². The van der Waals surface area contributed by atoms with Crippen LogP contribution in [-0.4, -0.2) is 11.1 Å². The highest BCUT2D eigenvalue weighted by Crippen LogP contribution is 2.22. The molecule has 82 valence electrons. The number of hydrogen-bond donors (Lipinski definition) is 1. The minimum absolute atomic E-state index is 0.325. The van der Waals surface area contributed by atoms with Crippen molar-refractivity contribution in [3.05, 3.63) is 34.1 Å². The highest BCUT2D eigenvalue weighted by Gasteiger charge is 2.16. The summed E-state index contributed by atoms with van der Waals surface area (Å²) in [7, 11) is 0. The molecule has 1 rings (SSSR count). The lowest BCUT2D eigenvalue weighted by molar-refractivity contribution is -0.141. The minimum atomic E-state index is -0.811. The van der Waals surface area contributed by atoms with Crippen LogP contribution in [0, 0.1) is 11.7 Å². The van der Waals surface area contributed by atoms with E-state index in [-0.39, 0.29) is 5.82 Å². The zero-order valence-electron chi connectivity index (χ0n) is 8.34. The van der Waals surface area contributed by atoms with Crippen molar-refractivity contribution in [2.75, 3.05) is 0 Å². The van der Waals surface area contributed by atoms with E-state index < -0.39 is 11.9 Å². The van der Waals surface area contributed by atoms with Gasteiger partial charge in [-0.2, -0.15) is 0 Å². The number of halogens is 2. The van der Waals surface area contributed by atoms with Crippen molar-refractivity contribution in [3.63, 3.8) is 0 Å². The van der Waals surface area contributed by atoms with E-state index in [1.807, 2.05) is 6.92 Å². The number of carbonyl (C=O) groups is 1. The van der Waals surface area contributed by atoms with Crippen LogP contribution in [0.25, 0.3) is 0 Å². The Morgan fingerprint density at radius 3 is 2.73 bits per heavy atom. The first-order valence-corrected chi connectivity index (χ1v) is 5.50. The lowest BCUT2D eigenvalue weighted by Gasteiger charge is -2.10. The van der Waals surface area contributed by atoms with Gasteiger partial charge in [0, 0.05) is 4.47 Å². The third-order valence-electron chi connectivity index (χ3n) is 2.32. The molecule has 0 heterocycles. The van der Waals surface area contributed by atoms with E-state index >= 15 is 0 Å². The molecule has 0 aliphatic carbocycles. The molecule has 0 radical (unpaired) electrons. The molecule has 2 nitrogen and oxygen atoms in total. The van der Waals surface area contributed by atoms with Crippen molar-refractivity contribution < 1.29 is 14.3 Å². The summed E-state index contributed by atoms with van der Waals surface area (Å²) in [5, 5.41) is 8.89. The molecule has 4 heteroatoms. The smallest absolute Gasteiger partial charge is 0.306 e. The fourth-order valence-electron chi connectivity index (χ4n) is 1.36. The van der Waals surface area contributed by atoms with Gasteiger partial charge < -0.3 is 5.11 Å². The van der Waals surface area contributed by atoms with Crippen molar-refractivity contribution in [2.24, 2.45) is 5.92 Å². The van der Waals surface area contributed by atoms with E-state index in [2.05, 4.69) is 15.9 Å². The number of benzene rings is 1. The van der Waals surface area contributed by atoms with E-state index in [4.69, 9.17) is 5.11 Å². The maximum absolute atomic E-state index is 12.8. The number of carboxylic acids is 1. The molecular weight excluding hydrogens is 263 g/mol. The molecule has 1 atom stereocenters. The average Bonchev–Trinajstić information content (AvgIpc) is 2.16. The van der Waals surface area contributed by atoms with Crippen LogP contribution < -0.4 is 0 Å². The minimum Gasteiger partial charge on any atom is -0.481 e. The molecule has 0 aliphatic rings. The lowest BCUT2D eigenvalue weighted by Crippen LogP contribution is -2.15. The number of hydrogen-bond acceptors (Lipinski definition) is 1. The Morgan fingerprint density at radius 2 is 2.27 bits per heavy atom. The van der Waals surface area contributed by atoms with E-state index in [1.165, 1.54) is 12.1 Å². The highest BCUT2D eigenvalue weighted by atomic mass is 79.9. The van der Waals surface area contributed by atoms with Gasteiger partial charge in [0.05, 0.1) is 5.92 Å². The average molecular weight is 275 g/mol. The second-order valence-corrected chi connectivity index (χ2v) is 4.24. The summed E-state index contributed by atoms with van der Waals surface area (Å²) in [5.41, 5.74) is 0.825. The monoisotopic (exact) mass is 274 g/mol. The van der Waals surface area contributed by atoms with Gasteiger partial charge in [-0.1, -0.05) is 28.9 Å². The lowest BCUT2D eigenvalue weighted by atomic mass is 9.97. The van der Waals surface area contributed by atoms with Gasteiger partial charge >= 0.3 is 5.97 Å². The zero-order chi connectivity index (χ0) is 11.4. The van der Waals surface area contributed by atoms with Crippen LogP contribution in [0.5, 0.6) is 0 Å². The fourth-order valence-corrected chi connectivity index (χ4v) is 1.87. The SMILES string of the molecule is CCC(Cc1ccc(F)cc1Br)C(=O)O. The van der Waals surface area contributed by atoms with Crippen LogP contribution >= 0.6 is 15.9 Å². The van der Waals surface area contributed by atoms with Crippen LogP contribution in [0.15, 0.2) is 22.7 Å². The maximum atomic E-state index is 12.8. The normalized spacial score (nSPS) is 12.5. The molecule has 1 N–H and O–H groups in total. The summed E-state index contributed by atoms with van der Waals surface area (Å²) >= 11 is 3.22. The van der Waals surface area contributed by atoms with Gasteiger partial charge in [-0.3, -0.25) is 4.79 Å². The summed E-state index contributed by atoms with van der Waals surface area (Å²) in [4.78, 5) is 10.8. The second kappa shape index (κ2) is 5.26. The van der Waals surface area contributed by atoms with E-state index in [1.54, 1.807) is 6.07 Å². The predicted octanol–water partition coefficient (Wildman–Crippen LogP) is 3.24. The van der Waals surface area contributed by atoms with Gasteiger partial charge in [0.15, 0.2) is 0 Å². The van der Waals surface area contributed by atoms with Gasteiger partial charge in [-0.05, 0) is 30.5 Å². The Hall–Kier alpha value is -0.900. The number of aliphatic carboxylic acids is 1. The van der Waals surface area contributed by atoms with Gasteiger partial charge in [0.25, 0.3) is 0 Å². The molecule has 0 aromatic heterocycles. The molecule has 0 fully saturated rings. The molecule has 0 bridgehead atoms. The summed E-state index contributed by atoms with van der Waals surface area (Å²) in [6.45, 7) is 1.83. The molecule has 0 amide bonds. The predicted molar refractivity (Wildman–Crippen MR) is 59.2 cm³/mol. The third kappa shape index (κ3) is 3.30. The Bertz CT molecular complexity index is 366. The fraction of sp³-hybridized carbons (Fsp3) is 0.364. The zero-order valence-corrected chi connectivity index (χ0v) is 9.92. The van der Waals surface area contributed by atoms with Crippen LogP contribution in [0.3, 0.4) is 0 Å². The largest absolute Gasteiger partial charge is 0.481 e. The van der Waals surface area contributed by atoms with Crippen molar-refractivity contribution in [2.45, 2.75) is 19.8 Å². The Kier molecular flexibility index (Phi) is 4.27. The number of carboxylic acid groups (broad SMARTS) is 1. The van der Waals surface area contributed by atoms with Crippen LogP contribution in [-0.2, 0) is 11.2 Å². The quantitative estimate of drug-likeness (QED) is 0.915. The maximum Gasteiger partial charge on any atom is 0.306 e. The first kappa shape index (κ1) is 12.2. The van der Waals surface area contributed by atoms with E-state index in [9.17, 15) is 9.18 Å². The summed E-state index contributed by atoms with van der Waals surface area (Å²) in [5.74, 6) is -1.55. The van der Waals surface area contributed by atoms with Gasteiger partial charge in [0.1, 0.15) is 5.82 Å². The Morgan fingerprint density at radius 1 is 1.60 bits per heavy atom. The third-order valence-corrected chi connectivity index (χ3v) is 3.06. The number of rotatable bonds is 4. The van der Waals surface area contributed by atoms with Crippen molar-refractivity contribution in [1.29, 1.82) is 0 Å². The molecular formula is C11H12BrFO2. The molecule has 1 aromatic rings. The Labute approximate surface area is 96.2 Å². The highest BCUT2D eigenvalue weighted by molar-refractivity contribution is 9.10. The molecule has 1 unspecified atom stereocenters. The van der Waals surface area contributed by atoms with Gasteiger partial charge in [-0.15, -0.1) is 0 Å². The summed E-state index contributed by atoms with van der Waals surface area (Å²) in [6, 6.07) is 4.31. The van der Waals surface area contributed by atoms with Gasteiger partial charge in [0.2, 0.25) is 0 Å². The van der Waals surface area contributed by atoms with E-state index in [0.717, 1.165) is 5.56 Å². The van der Waals surface area contributed by atoms with E-state index in [0.29, 0.717) is 17.3 Å². The van der Waals surface area contributed by atoms with Crippen molar-refractivity contribution in [3.8, 4) is 0 Å². The van der Waals surface area contributed by atoms with Crippen molar-refractivity contribution in [1.82, 2.24) is 0 Å². The standard InChI is InChI=1S/C11H12BrFO2/c1-2-7(11(14)15)5-8-3-4-9(13)6-10(8)12/h3-4,6-7H,2,5H2,1H3,(H,14,15). The molecule has 0 aliphatic heterocycles. The van der Waals surface area contributed by atoms with Gasteiger partial charge in [-0.25, -0.2) is 4.39 Å². The first-order chi connectivity index (χ1) is 7.04.